The van der Waals surface area contributed by atoms with E-state index >= 15 is 0 Å². The summed E-state index contributed by atoms with van der Waals surface area (Å²) >= 11 is 0. The summed E-state index contributed by atoms with van der Waals surface area (Å²) in [5.41, 5.74) is -0.000586. The smallest absolute Gasteiger partial charge is 0.248 e. The van der Waals surface area contributed by atoms with Gasteiger partial charge in [0, 0.05) is 32.2 Å². The summed E-state index contributed by atoms with van der Waals surface area (Å²) in [6.45, 7) is 5.78. The largest absolute Gasteiger partial charge is 0.379 e. The van der Waals surface area contributed by atoms with E-state index in [1.807, 2.05) is 0 Å². The van der Waals surface area contributed by atoms with Gasteiger partial charge in [0.05, 0.1) is 25.4 Å². The first-order chi connectivity index (χ1) is 13.3. The van der Waals surface area contributed by atoms with E-state index in [0.29, 0.717) is 31.1 Å². The molecular formula is C19H26F2N2O4S. The van der Waals surface area contributed by atoms with Gasteiger partial charge < -0.3 is 9.47 Å². The zero-order chi connectivity index (χ0) is 19.9. The molecule has 3 heterocycles. The maximum Gasteiger partial charge on any atom is 0.248 e. The Hall–Kier alpha value is -1.13. The lowest BCUT2D eigenvalue weighted by Crippen LogP contribution is -2.48. The molecule has 0 N–H and O–H groups in total. The summed E-state index contributed by atoms with van der Waals surface area (Å²) in [6.07, 6.45) is 1.92. The van der Waals surface area contributed by atoms with Crippen LogP contribution in [-0.2, 0) is 19.5 Å². The highest BCUT2D eigenvalue weighted by Crippen LogP contribution is 2.39. The number of piperidine rings is 1. The Morgan fingerprint density at radius 2 is 1.68 bits per heavy atom. The number of rotatable bonds is 3. The molecule has 4 rings (SSSR count). The van der Waals surface area contributed by atoms with Crippen LogP contribution in [0.25, 0.3) is 0 Å². The highest BCUT2D eigenvalue weighted by Gasteiger charge is 2.46. The Balaban J connectivity index is 1.44. The van der Waals surface area contributed by atoms with E-state index in [-0.39, 0.29) is 18.7 Å². The Labute approximate surface area is 164 Å². The molecule has 3 aliphatic rings. The lowest BCUT2D eigenvalue weighted by molar-refractivity contribution is -0.0328. The summed E-state index contributed by atoms with van der Waals surface area (Å²) in [6, 6.07) is 2.42. The first-order valence-electron chi connectivity index (χ1n) is 9.72. The van der Waals surface area contributed by atoms with Crippen molar-refractivity contribution in [3.63, 3.8) is 0 Å². The van der Waals surface area contributed by atoms with Gasteiger partial charge in [0.15, 0.2) is 4.90 Å². The Kier molecular flexibility index (Phi) is 5.47. The normalized spacial score (nSPS) is 26.8. The van der Waals surface area contributed by atoms with Crippen LogP contribution in [0.15, 0.2) is 17.0 Å². The average Bonchev–Trinajstić information content (AvgIpc) is 3.05. The van der Waals surface area contributed by atoms with E-state index in [1.54, 1.807) is 0 Å². The molecular weight excluding hydrogens is 390 g/mol. The summed E-state index contributed by atoms with van der Waals surface area (Å²) in [7, 11) is -4.22. The van der Waals surface area contributed by atoms with Crippen molar-refractivity contribution in [3.05, 3.63) is 29.3 Å². The van der Waals surface area contributed by atoms with Crippen LogP contribution >= 0.6 is 0 Å². The van der Waals surface area contributed by atoms with Crippen molar-refractivity contribution in [2.75, 3.05) is 46.0 Å². The monoisotopic (exact) mass is 416 g/mol. The quantitative estimate of drug-likeness (QED) is 0.754. The second kappa shape index (κ2) is 7.60. The third-order valence-electron chi connectivity index (χ3n) is 6.13. The lowest BCUT2D eigenvalue weighted by Gasteiger charge is -2.38. The minimum atomic E-state index is -4.22. The molecule has 0 saturated carbocycles. The van der Waals surface area contributed by atoms with Crippen LogP contribution in [0.2, 0.25) is 0 Å². The van der Waals surface area contributed by atoms with Crippen LogP contribution in [0, 0.1) is 18.6 Å². The second-order valence-electron chi connectivity index (χ2n) is 7.96. The fraction of sp³-hybridized carbons (Fsp3) is 0.684. The van der Waals surface area contributed by atoms with Crippen molar-refractivity contribution < 1.29 is 26.7 Å². The first kappa shape index (κ1) is 20.2. The molecule has 1 aromatic rings. The predicted octanol–water partition coefficient (Wildman–Crippen LogP) is 1.92. The summed E-state index contributed by atoms with van der Waals surface area (Å²) < 4.78 is 66.8. The molecule has 156 valence electrons. The number of benzene rings is 1. The van der Waals surface area contributed by atoms with Gasteiger partial charge in [0.2, 0.25) is 10.0 Å². The van der Waals surface area contributed by atoms with Gasteiger partial charge in [-0.3, -0.25) is 4.90 Å². The van der Waals surface area contributed by atoms with E-state index in [2.05, 4.69) is 4.90 Å². The zero-order valence-electron chi connectivity index (χ0n) is 16.0. The molecule has 1 spiro atoms. The molecule has 3 saturated heterocycles. The third-order valence-corrected chi connectivity index (χ3v) is 8.08. The number of aryl methyl sites for hydroxylation is 1. The molecule has 3 aliphatic heterocycles. The highest BCUT2D eigenvalue weighted by atomic mass is 32.2. The number of hydrogen-bond acceptors (Lipinski definition) is 5. The van der Waals surface area contributed by atoms with E-state index in [9.17, 15) is 17.2 Å². The molecule has 0 bridgehead atoms. The van der Waals surface area contributed by atoms with Crippen LogP contribution in [0.4, 0.5) is 8.78 Å². The molecule has 1 unspecified atom stereocenters. The molecule has 0 amide bonds. The molecule has 0 radical (unpaired) electrons. The molecule has 28 heavy (non-hydrogen) atoms. The van der Waals surface area contributed by atoms with Crippen LogP contribution < -0.4 is 0 Å². The fourth-order valence-electron chi connectivity index (χ4n) is 4.54. The highest BCUT2D eigenvalue weighted by molar-refractivity contribution is 7.89. The fourth-order valence-corrected chi connectivity index (χ4v) is 6.07. The first-order valence-corrected chi connectivity index (χ1v) is 11.2. The molecule has 6 nitrogen and oxygen atoms in total. The van der Waals surface area contributed by atoms with E-state index < -0.39 is 26.6 Å². The Bertz CT molecular complexity index is 811. The number of ether oxygens (including phenoxy) is 2. The molecule has 3 fully saturated rings. The number of morpholine rings is 1. The van der Waals surface area contributed by atoms with Crippen molar-refractivity contribution in [2.24, 2.45) is 0 Å². The predicted molar refractivity (Wildman–Crippen MR) is 98.6 cm³/mol. The molecule has 9 heteroatoms. The standard InChI is InChI=1S/C19H26F2N2O4S/c1-14-10-16(20)18(17(21)11-14)28(24,25)23-4-2-19(3-5-23)12-15(13-27-19)22-6-8-26-9-7-22/h10-11,15H,2-9,12-13H2,1H3. The maximum atomic E-state index is 14.2. The van der Waals surface area contributed by atoms with Gasteiger partial charge in [-0.1, -0.05) is 0 Å². The van der Waals surface area contributed by atoms with Crippen LogP contribution in [0.3, 0.4) is 0 Å². The minimum absolute atomic E-state index is 0.199. The number of halogens is 2. The van der Waals surface area contributed by atoms with Crippen molar-refractivity contribution in [3.8, 4) is 0 Å². The summed E-state index contributed by atoms with van der Waals surface area (Å²) in [5.74, 6) is -2.08. The van der Waals surface area contributed by atoms with E-state index in [0.717, 1.165) is 44.9 Å². The number of sulfonamides is 1. The van der Waals surface area contributed by atoms with Crippen LogP contribution in [0.1, 0.15) is 24.8 Å². The second-order valence-corrected chi connectivity index (χ2v) is 9.84. The van der Waals surface area contributed by atoms with E-state index in [4.69, 9.17) is 9.47 Å². The minimum Gasteiger partial charge on any atom is -0.379 e. The Morgan fingerprint density at radius 3 is 2.29 bits per heavy atom. The number of hydrogen-bond donors (Lipinski definition) is 0. The third kappa shape index (κ3) is 3.70. The van der Waals surface area contributed by atoms with Gasteiger partial charge in [-0.15, -0.1) is 0 Å². The van der Waals surface area contributed by atoms with Crippen molar-refractivity contribution in [2.45, 2.75) is 42.7 Å². The van der Waals surface area contributed by atoms with E-state index in [1.165, 1.54) is 11.2 Å². The van der Waals surface area contributed by atoms with Gasteiger partial charge in [0.1, 0.15) is 11.6 Å². The van der Waals surface area contributed by atoms with Crippen molar-refractivity contribution >= 4 is 10.0 Å². The number of nitrogens with zero attached hydrogens (tertiary/aromatic N) is 2. The summed E-state index contributed by atoms with van der Waals surface area (Å²) in [4.78, 5) is 1.52. The SMILES string of the molecule is Cc1cc(F)c(S(=O)(=O)N2CCC3(CC2)CC(N2CCOCC2)CO3)c(F)c1. The lowest BCUT2D eigenvalue weighted by atomic mass is 9.88. The van der Waals surface area contributed by atoms with Crippen LogP contribution in [-0.4, -0.2) is 75.3 Å². The molecule has 1 aromatic carbocycles. The maximum absolute atomic E-state index is 14.2. The molecule has 0 aromatic heterocycles. The topological polar surface area (TPSA) is 59.1 Å². The Morgan fingerprint density at radius 1 is 1.07 bits per heavy atom. The van der Waals surface area contributed by atoms with Gasteiger partial charge in [-0.25, -0.2) is 17.2 Å². The van der Waals surface area contributed by atoms with Crippen LogP contribution in [0.5, 0.6) is 0 Å². The van der Waals surface area contributed by atoms with Gasteiger partial charge >= 0.3 is 0 Å². The average molecular weight is 416 g/mol. The zero-order valence-corrected chi connectivity index (χ0v) is 16.8. The summed E-state index contributed by atoms with van der Waals surface area (Å²) in [5, 5.41) is 0. The molecule has 0 aliphatic carbocycles. The van der Waals surface area contributed by atoms with Gasteiger partial charge in [0.25, 0.3) is 0 Å². The van der Waals surface area contributed by atoms with Gasteiger partial charge in [-0.2, -0.15) is 4.31 Å². The van der Waals surface area contributed by atoms with Crippen molar-refractivity contribution in [1.29, 1.82) is 0 Å². The van der Waals surface area contributed by atoms with Crippen molar-refractivity contribution in [1.82, 2.24) is 9.21 Å². The molecule has 1 atom stereocenters. The van der Waals surface area contributed by atoms with Gasteiger partial charge in [-0.05, 0) is 43.9 Å².